The van der Waals surface area contributed by atoms with Crippen molar-refractivity contribution in [3.8, 4) is 11.5 Å². The lowest BCUT2D eigenvalue weighted by Crippen LogP contribution is -2.13. The number of carboxylic acids is 1. The van der Waals surface area contributed by atoms with Crippen molar-refractivity contribution in [3.05, 3.63) is 71.8 Å². The van der Waals surface area contributed by atoms with Crippen molar-refractivity contribution in [2.24, 2.45) is 5.92 Å². The minimum atomic E-state index is -1.10. The zero-order valence-electron chi connectivity index (χ0n) is 16.8. The summed E-state index contributed by atoms with van der Waals surface area (Å²) in [5.74, 6) is 0.258. The van der Waals surface area contributed by atoms with Crippen LogP contribution in [0.4, 0.5) is 5.69 Å². The number of methoxy groups -OCH3 is 1. The van der Waals surface area contributed by atoms with E-state index < -0.39 is 11.9 Å². The highest BCUT2D eigenvalue weighted by molar-refractivity contribution is 6.06. The van der Waals surface area contributed by atoms with Crippen LogP contribution < -0.4 is 14.8 Å². The van der Waals surface area contributed by atoms with E-state index in [4.69, 9.17) is 9.47 Å². The average molecular weight is 407 g/mol. The predicted octanol–water partition coefficient (Wildman–Crippen LogP) is 4.78. The topological polar surface area (TPSA) is 84.9 Å². The molecule has 0 fully saturated rings. The van der Waals surface area contributed by atoms with E-state index in [1.54, 1.807) is 37.5 Å². The first-order chi connectivity index (χ1) is 14.6. The molecule has 1 aliphatic rings. The maximum absolute atomic E-state index is 12.2. The van der Waals surface area contributed by atoms with Gasteiger partial charge in [-0.15, -0.1) is 0 Å². The molecule has 6 nitrogen and oxygen atoms in total. The Labute approximate surface area is 175 Å². The number of para-hydroxylation sites is 1. The number of anilines is 1. The first kappa shape index (κ1) is 21.2. The molecule has 1 atom stereocenters. The van der Waals surface area contributed by atoms with E-state index in [1.165, 1.54) is 12.1 Å². The predicted molar refractivity (Wildman–Crippen MR) is 116 cm³/mol. The highest BCUT2D eigenvalue weighted by Gasteiger charge is 2.13. The van der Waals surface area contributed by atoms with Crippen LogP contribution in [0.5, 0.6) is 11.5 Å². The van der Waals surface area contributed by atoms with Crippen molar-refractivity contribution < 1.29 is 24.2 Å². The SMILES string of the molecule is COc1cc(C=CC(=O)Nc2ccccc2C(=O)O)ccc1OCC1CC=CCC1. The summed E-state index contributed by atoms with van der Waals surface area (Å²) in [5, 5.41) is 11.8. The van der Waals surface area contributed by atoms with E-state index in [1.807, 2.05) is 12.1 Å². The largest absolute Gasteiger partial charge is 0.493 e. The second kappa shape index (κ2) is 10.3. The summed E-state index contributed by atoms with van der Waals surface area (Å²) in [4.78, 5) is 23.4. The minimum absolute atomic E-state index is 0.0378. The molecule has 3 rings (SSSR count). The fourth-order valence-electron chi connectivity index (χ4n) is 3.25. The summed E-state index contributed by atoms with van der Waals surface area (Å²) >= 11 is 0. The Hall–Kier alpha value is -3.54. The van der Waals surface area contributed by atoms with E-state index in [9.17, 15) is 14.7 Å². The third kappa shape index (κ3) is 5.73. The van der Waals surface area contributed by atoms with Crippen molar-refractivity contribution in [2.75, 3.05) is 19.0 Å². The van der Waals surface area contributed by atoms with Gasteiger partial charge < -0.3 is 19.9 Å². The summed E-state index contributed by atoms with van der Waals surface area (Å²) in [6.45, 7) is 0.640. The molecule has 0 heterocycles. The van der Waals surface area contributed by atoms with Gasteiger partial charge in [0, 0.05) is 6.08 Å². The smallest absolute Gasteiger partial charge is 0.337 e. The van der Waals surface area contributed by atoms with Crippen LogP contribution in [0.3, 0.4) is 0 Å². The summed E-state index contributed by atoms with van der Waals surface area (Å²) in [5.41, 5.74) is 1.05. The molecule has 2 aromatic carbocycles. The quantitative estimate of drug-likeness (QED) is 0.486. The van der Waals surface area contributed by atoms with Gasteiger partial charge in [0.2, 0.25) is 5.91 Å². The summed E-state index contributed by atoms with van der Waals surface area (Å²) in [7, 11) is 1.58. The lowest BCUT2D eigenvalue weighted by Gasteiger charge is -2.19. The number of ether oxygens (including phenoxy) is 2. The van der Waals surface area contributed by atoms with Gasteiger partial charge in [-0.2, -0.15) is 0 Å². The minimum Gasteiger partial charge on any atom is -0.493 e. The highest BCUT2D eigenvalue weighted by Crippen LogP contribution is 2.30. The Morgan fingerprint density at radius 2 is 2.00 bits per heavy atom. The van der Waals surface area contributed by atoms with Gasteiger partial charge >= 0.3 is 5.97 Å². The number of rotatable bonds is 8. The molecule has 2 N–H and O–H groups in total. The molecule has 1 aliphatic carbocycles. The van der Waals surface area contributed by atoms with Gasteiger partial charge in [-0.3, -0.25) is 4.79 Å². The lowest BCUT2D eigenvalue weighted by molar-refractivity contribution is -0.111. The van der Waals surface area contributed by atoms with Crippen LogP contribution in [0.15, 0.2) is 60.7 Å². The molecule has 30 heavy (non-hydrogen) atoms. The van der Waals surface area contributed by atoms with E-state index >= 15 is 0 Å². The molecule has 0 bridgehead atoms. The number of carbonyl (C=O) groups is 2. The van der Waals surface area contributed by atoms with Crippen LogP contribution in [0.1, 0.15) is 35.2 Å². The Balaban J connectivity index is 1.63. The Morgan fingerprint density at radius 3 is 2.73 bits per heavy atom. The number of aromatic carboxylic acids is 1. The second-order valence-electron chi connectivity index (χ2n) is 7.05. The molecule has 2 aromatic rings. The maximum Gasteiger partial charge on any atom is 0.337 e. The van der Waals surface area contributed by atoms with Crippen LogP contribution >= 0.6 is 0 Å². The number of nitrogens with one attached hydrogen (secondary N) is 1. The van der Waals surface area contributed by atoms with Gasteiger partial charge in [0.1, 0.15) is 0 Å². The first-order valence-corrected chi connectivity index (χ1v) is 9.84. The van der Waals surface area contributed by atoms with E-state index in [-0.39, 0.29) is 11.3 Å². The molecule has 0 saturated heterocycles. The molecule has 6 heteroatoms. The average Bonchev–Trinajstić information content (AvgIpc) is 2.77. The fraction of sp³-hybridized carbons (Fsp3) is 0.250. The van der Waals surface area contributed by atoms with Crippen LogP contribution in [0.2, 0.25) is 0 Å². The van der Waals surface area contributed by atoms with Gasteiger partial charge in [0.25, 0.3) is 0 Å². The molecule has 0 aromatic heterocycles. The maximum atomic E-state index is 12.2. The normalized spacial score (nSPS) is 15.7. The number of carboxylic acid groups (broad SMARTS) is 1. The van der Waals surface area contributed by atoms with Gasteiger partial charge in [0.15, 0.2) is 11.5 Å². The summed E-state index contributed by atoms with van der Waals surface area (Å²) in [6, 6.07) is 11.7. The Bertz CT molecular complexity index is 964. The van der Waals surface area contributed by atoms with Crippen molar-refractivity contribution >= 4 is 23.6 Å². The van der Waals surface area contributed by atoms with Crippen molar-refractivity contribution in [1.82, 2.24) is 0 Å². The zero-order valence-corrected chi connectivity index (χ0v) is 16.8. The Morgan fingerprint density at radius 1 is 1.17 bits per heavy atom. The van der Waals surface area contributed by atoms with Crippen molar-refractivity contribution in [3.63, 3.8) is 0 Å². The number of hydrogen-bond donors (Lipinski definition) is 2. The third-order valence-corrected chi connectivity index (χ3v) is 4.88. The van der Waals surface area contributed by atoms with Gasteiger partial charge in [-0.1, -0.05) is 30.4 Å². The number of carbonyl (C=O) groups excluding carboxylic acids is 1. The molecular weight excluding hydrogens is 382 g/mol. The van der Waals surface area contributed by atoms with Gasteiger partial charge in [0.05, 0.1) is 25.0 Å². The Kier molecular flexibility index (Phi) is 7.27. The molecular formula is C24H25NO5. The van der Waals surface area contributed by atoms with E-state index in [2.05, 4.69) is 17.5 Å². The molecule has 0 radical (unpaired) electrons. The van der Waals surface area contributed by atoms with Gasteiger partial charge in [-0.05, 0) is 61.1 Å². The summed E-state index contributed by atoms with van der Waals surface area (Å²) in [6.07, 6.45) is 10.6. The molecule has 0 aliphatic heterocycles. The van der Waals surface area contributed by atoms with Gasteiger partial charge in [-0.25, -0.2) is 4.79 Å². The molecule has 1 amide bonds. The number of amides is 1. The molecule has 1 unspecified atom stereocenters. The molecule has 0 saturated carbocycles. The number of allylic oxidation sites excluding steroid dienone is 2. The standard InChI is InChI=1S/C24H25NO5/c1-29-22-15-17(11-13-21(22)30-16-18-7-3-2-4-8-18)12-14-23(26)25-20-10-6-5-9-19(20)24(27)28/h2-3,5-6,9-15,18H,4,7-8,16H2,1H3,(H,25,26)(H,27,28). The molecule has 0 spiro atoms. The lowest BCUT2D eigenvalue weighted by atomic mass is 9.95. The van der Waals surface area contributed by atoms with Crippen molar-refractivity contribution in [2.45, 2.75) is 19.3 Å². The fourth-order valence-corrected chi connectivity index (χ4v) is 3.25. The van der Waals surface area contributed by atoms with Crippen molar-refractivity contribution in [1.29, 1.82) is 0 Å². The van der Waals surface area contributed by atoms with Crippen LogP contribution in [-0.4, -0.2) is 30.7 Å². The monoisotopic (exact) mass is 407 g/mol. The zero-order chi connectivity index (χ0) is 21.3. The first-order valence-electron chi connectivity index (χ1n) is 9.84. The van der Waals surface area contributed by atoms with E-state index in [0.717, 1.165) is 24.8 Å². The highest BCUT2D eigenvalue weighted by atomic mass is 16.5. The number of hydrogen-bond acceptors (Lipinski definition) is 4. The van der Waals surface area contributed by atoms with Crippen LogP contribution in [0.25, 0.3) is 6.08 Å². The molecule has 156 valence electrons. The van der Waals surface area contributed by atoms with E-state index in [0.29, 0.717) is 24.0 Å². The third-order valence-electron chi connectivity index (χ3n) is 4.88. The summed E-state index contributed by atoms with van der Waals surface area (Å²) < 4.78 is 11.4. The van der Waals surface area contributed by atoms with Crippen LogP contribution in [0, 0.1) is 5.92 Å². The van der Waals surface area contributed by atoms with Crippen LogP contribution in [-0.2, 0) is 4.79 Å². The number of benzene rings is 2. The second-order valence-corrected chi connectivity index (χ2v) is 7.05.